The lowest BCUT2D eigenvalue weighted by molar-refractivity contribution is 0.445. The van der Waals surface area contributed by atoms with Crippen LogP contribution in [0.3, 0.4) is 0 Å². The van der Waals surface area contributed by atoms with Gasteiger partial charge in [0.25, 0.3) is 0 Å². The van der Waals surface area contributed by atoms with Crippen molar-refractivity contribution in [1.29, 1.82) is 0 Å². The van der Waals surface area contributed by atoms with E-state index in [1.165, 1.54) is 22.2 Å². The number of H-pyrrole nitrogens is 1. The molecule has 0 atom stereocenters. The van der Waals surface area contributed by atoms with Gasteiger partial charge in [-0.05, 0) is 57.0 Å². The van der Waals surface area contributed by atoms with Crippen molar-refractivity contribution in [2.24, 2.45) is 0 Å². The minimum Gasteiger partial charge on any atom is -0.359 e. The fourth-order valence-corrected chi connectivity index (χ4v) is 1.81. The van der Waals surface area contributed by atoms with E-state index in [9.17, 15) is 0 Å². The Morgan fingerprint density at radius 3 is 2.60 bits per heavy atom. The van der Waals surface area contributed by atoms with Crippen LogP contribution in [0.5, 0.6) is 0 Å². The van der Waals surface area contributed by atoms with E-state index in [0.29, 0.717) is 0 Å². The quantitative estimate of drug-likeness (QED) is 0.770. The number of hydrogen-bond donors (Lipinski definition) is 2. The smallest absolute Gasteiger partial charge is 0.0456 e. The van der Waals surface area contributed by atoms with Gasteiger partial charge in [0.1, 0.15) is 0 Å². The lowest BCUT2D eigenvalue weighted by Gasteiger charge is -2.24. The van der Waals surface area contributed by atoms with Gasteiger partial charge in [-0.1, -0.05) is 6.07 Å². The van der Waals surface area contributed by atoms with Crippen LogP contribution in [0.25, 0.3) is 10.9 Å². The fourth-order valence-electron chi connectivity index (χ4n) is 1.81. The Bertz CT molecular complexity index is 480. The molecule has 0 spiro atoms. The molecule has 0 saturated carbocycles. The van der Waals surface area contributed by atoms with Crippen molar-refractivity contribution >= 4 is 10.9 Å². The van der Waals surface area contributed by atoms with E-state index < -0.39 is 0 Å². The summed E-state index contributed by atoms with van der Waals surface area (Å²) in [5.74, 6) is 0. The first-order valence-corrected chi connectivity index (χ1v) is 5.32. The average molecular weight is 202 g/mol. The van der Waals surface area contributed by atoms with Gasteiger partial charge < -0.3 is 10.3 Å². The van der Waals surface area contributed by atoms with E-state index in [1.807, 2.05) is 7.05 Å². The van der Waals surface area contributed by atoms with Gasteiger partial charge in [-0.2, -0.15) is 0 Å². The van der Waals surface area contributed by atoms with Crippen LogP contribution in [0.15, 0.2) is 24.3 Å². The molecule has 0 amide bonds. The normalized spacial score (nSPS) is 12.3. The number of aromatic nitrogens is 1. The van der Waals surface area contributed by atoms with Crippen LogP contribution in [0, 0.1) is 6.92 Å². The lowest BCUT2D eigenvalue weighted by Crippen LogP contribution is -2.32. The highest BCUT2D eigenvalue weighted by molar-refractivity contribution is 5.81. The summed E-state index contributed by atoms with van der Waals surface area (Å²) in [7, 11) is 1.99. The molecule has 1 heterocycles. The molecule has 0 fully saturated rings. The first kappa shape index (κ1) is 10.2. The third-order valence-corrected chi connectivity index (χ3v) is 3.10. The molecular formula is C13H18N2. The molecule has 0 aliphatic carbocycles. The van der Waals surface area contributed by atoms with Crippen molar-refractivity contribution in [3.05, 3.63) is 35.5 Å². The minimum absolute atomic E-state index is 0.0271. The predicted molar refractivity (Wildman–Crippen MR) is 65.1 cm³/mol. The molecule has 0 bridgehead atoms. The highest BCUT2D eigenvalue weighted by Crippen LogP contribution is 2.24. The molecule has 15 heavy (non-hydrogen) atoms. The van der Waals surface area contributed by atoms with Crippen LogP contribution in [0.4, 0.5) is 0 Å². The zero-order valence-electron chi connectivity index (χ0n) is 9.81. The Kier molecular flexibility index (Phi) is 2.31. The zero-order chi connectivity index (χ0) is 11.1. The van der Waals surface area contributed by atoms with Crippen molar-refractivity contribution in [3.63, 3.8) is 0 Å². The van der Waals surface area contributed by atoms with Gasteiger partial charge in [0.2, 0.25) is 0 Å². The predicted octanol–water partition coefficient (Wildman–Crippen LogP) is 2.93. The molecule has 2 N–H and O–H groups in total. The molecule has 0 aliphatic rings. The highest BCUT2D eigenvalue weighted by atomic mass is 14.9. The second-order valence-corrected chi connectivity index (χ2v) is 4.63. The van der Waals surface area contributed by atoms with Gasteiger partial charge in [0.05, 0.1) is 0 Å². The van der Waals surface area contributed by atoms with Crippen LogP contribution in [0.1, 0.15) is 25.1 Å². The monoisotopic (exact) mass is 202 g/mol. The molecule has 0 radical (unpaired) electrons. The average Bonchev–Trinajstić information content (AvgIpc) is 2.56. The molecular weight excluding hydrogens is 184 g/mol. The van der Waals surface area contributed by atoms with Crippen molar-refractivity contribution in [1.82, 2.24) is 10.3 Å². The summed E-state index contributed by atoms with van der Waals surface area (Å²) in [5, 5.41) is 4.60. The number of benzene rings is 1. The number of rotatable bonds is 2. The number of nitrogens with one attached hydrogen (secondary N) is 2. The summed E-state index contributed by atoms with van der Waals surface area (Å²) in [6.07, 6.45) is 0. The van der Waals surface area contributed by atoms with E-state index in [0.717, 1.165) is 0 Å². The Morgan fingerprint density at radius 2 is 1.93 bits per heavy atom. The molecule has 2 nitrogen and oxygen atoms in total. The number of fused-ring (bicyclic) bond motifs is 1. The summed E-state index contributed by atoms with van der Waals surface area (Å²) < 4.78 is 0. The third kappa shape index (κ3) is 1.77. The number of aryl methyl sites for hydroxylation is 1. The van der Waals surface area contributed by atoms with E-state index in [4.69, 9.17) is 0 Å². The molecule has 1 aromatic carbocycles. The van der Waals surface area contributed by atoms with Crippen molar-refractivity contribution in [2.45, 2.75) is 26.3 Å². The molecule has 0 unspecified atom stereocenters. The van der Waals surface area contributed by atoms with E-state index in [2.05, 4.69) is 55.3 Å². The standard InChI is InChI=1S/C13H18N2/c1-9-7-10-8-11(13(2,3)14-4)5-6-12(10)15-9/h5-8,14-15H,1-4H3. The van der Waals surface area contributed by atoms with Gasteiger partial charge in [-0.25, -0.2) is 0 Å². The summed E-state index contributed by atoms with van der Waals surface area (Å²) in [5.41, 5.74) is 3.77. The molecule has 80 valence electrons. The summed E-state index contributed by atoms with van der Waals surface area (Å²) >= 11 is 0. The second-order valence-electron chi connectivity index (χ2n) is 4.63. The van der Waals surface area contributed by atoms with E-state index in [-0.39, 0.29) is 5.54 Å². The molecule has 0 aliphatic heterocycles. The Hall–Kier alpha value is -1.28. The van der Waals surface area contributed by atoms with Crippen molar-refractivity contribution < 1.29 is 0 Å². The maximum atomic E-state index is 3.33. The van der Waals surface area contributed by atoms with Crippen LogP contribution >= 0.6 is 0 Å². The zero-order valence-corrected chi connectivity index (χ0v) is 9.81. The third-order valence-electron chi connectivity index (χ3n) is 3.10. The number of aromatic amines is 1. The highest BCUT2D eigenvalue weighted by Gasteiger charge is 2.17. The van der Waals surface area contributed by atoms with Crippen LogP contribution in [0.2, 0.25) is 0 Å². The van der Waals surface area contributed by atoms with Crippen LogP contribution < -0.4 is 5.32 Å². The van der Waals surface area contributed by atoms with Gasteiger partial charge in [-0.3, -0.25) is 0 Å². The first-order chi connectivity index (χ1) is 7.03. The SMILES string of the molecule is CNC(C)(C)c1ccc2[nH]c(C)cc2c1. The molecule has 0 saturated heterocycles. The maximum Gasteiger partial charge on any atom is 0.0456 e. The lowest BCUT2D eigenvalue weighted by atomic mass is 9.94. The Morgan fingerprint density at radius 1 is 1.20 bits per heavy atom. The fraction of sp³-hybridized carbons (Fsp3) is 0.385. The maximum absolute atomic E-state index is 3.33. The molecule has 2 aromatic rings. The van der Waals surface area contributed by atoms with E-state index in [1.54, 1.807) is 0 Å². The van der Waals surface area contributed by atoms with Gasteiger partial charge in [0.15, 0.2) is 0 Å². The second kappa shape index (κ2) is 3.38. The molecule has 2 heteroatoms. The van der Waals surface area contributed by atoms with Crippen molar-refractivity contribution in [2.75, 3.05) is 7.05 Å². The first-order valence-electron chi connectivity index (χ1n) is 5.32. The Balaban J connectivity index is 2.55. The minimum atomic E-state index is 0.0271. The van der Waals surface area contributed by atoms with Gasteiger partial charge in [0, 0.05) is 16.7 Å². The van der Waals surface area contributed by atoms with Gasteiger partial charge in [-0.15, -0.1) is 0 Å². The topological polar surface area (TPSA) is 27.8 Å². The largest absolute Gasteiger partial charge is 0.359 e. The number of hydrogen-bond acceptors (Lipinski definition) is 1. The summed E-state index contributed by atoms with van der Waals surface area (Å²) in [4.78, 5) is 3.33. The molecule has 2 rings (SSSR count). The summed E-state index contributed by atoms with van der Waals surface area (Å²) in [6.45, 7) is 6.46. The van der Waals surface area contributed by atoms with E-state index >= 15 is 0 Å². The van der Waals surface area contributed by atoms with Crippen molar-refractivity contribution in [3.8, 4) is 0 Å². The van der Waals surface area contributed by atoms with Gasteiger partial charge >= 0.3 is 0 Å². The van der Waals surface area contributed by atoms with Crippen LogP contribution in [-0.2, 0) is 5.54 Å². The Labute approximate surface area is 90.7 Å². The molecule has 1 aromatic heterocycles. The summed E-state index contributed by atoms with van der Waals surface area (Å²) in [6, 6.07) is 8.76. The van der Waals surface area contributed by atoms with Crippen LogP contribution in [-0.4, -0.2) is 12.0 Å².